The molecule has 0 radical (unpaired) electrons. The number of rotatable bonds is 5. The van der Waals surface area contributed by atoms with Crippen LogP contribution in [0.25, 0.3) is 0 Å². The SMILES string of the molecule is CC.COCOC/C(N)=C/C=C\N. The van der Waals surface area contributed by atoms with Crippen LogP contribution in [0.1, 0.15) is 13.8 Å². The molecular formula is C9H20N2O2. The highest BCUT2D eigenvalue weighted by molar-refractivity contribution is 5.08. The van der Waals surface area contributed by atoms with E-state index in [0.717, 1.165) is 0 Å². The minimum Gasteiger partial charge on any atom is -0.405 e. The molecule has 0 aromatic heterocycles. The molecule has 4 nitrogen and oxygen atoms in total. The molecule has 4 N–H and O–H groups in total. The first-order chi connectivity index (χ1) is 6.31. The van der Waals surface area contributed by atoms with E-state index in [1.165, 1.54) is 6.20 Å². The van der Waals surface area contributed by atoms with Gasteiger partial charge in [0.15, 0.2) is 0 Å². The molecule has 0 bridgehead atoms. The normalized spacial score (nSPS) is 11.2. The molecule has 78 valence electrons. The summed E-state index contributed by atoms with van der Waals surface area (Å²) in [6.45, 7) is 4.61. The van der Waals surface area contributed by atoms with Gasteiger partial charge in [0, 0.05) is 12.8 Å². The van der Waals surface area contributed by atoms with Crippen molar-refractivity contribution >= 4 is 0 Å². The summed E-state index contributed by atoms with van der Waals surface area (Å²) in [5.41, 5.74) is 11.2. The first-order valence-electron chi connectivity index (χ1n) is 4.21. The van der Waals surface area contributed by atoms with Gasteiger partial charge in [-0.25, -0.2) is 0 Å². The quantitative estimate of drug-likeness (QED) is 0.383. The zero-order valence-electron chi connectivity index (χ0n) is 8.62. The zero-order valence-corrected chi connectivity index (χ0v) is 8.62. The van der Waals surface area contributed by atoms with Crippen LogP contribution in [0.4, 0.5) is 0 Å². The summed E-state index contributed by atoms with van der Waals surface area (Å²) >= 11 is 0. The summed E-state index contributed by atoms with van der Waals surface area (Å²) in [5, 5.41) is 0. The smallest absolute Gasteiger partial charge is 0.146 e. The van der Waals surface area contributed by atoms with Crippen LogP contribution in [0.3, 0.4) is 0 Å². The van der Waals surface area contributed by atoms with Gasteiger partial charge < -0.3 is 20.9 Å². The molecule has 0 saturated carbocycles. The Labute approximate surface area is 80.2 Å². The van der Waals surface area contributed by atoms with Crippen LogP contribution in [0, 0.1) is 0 Å². The Kier molecular flexibility index (Phi) is 15.2. The Morgan fingerprint density at radius 2 is 2.00 bits per heavy atom. The van der Waals surface area contributed by atoms with Crippen molar-refractivity contribution in [1.29, 1.82) is 0 Å². The van der Waals surface area contributed by atoms with Crippen LogP contribution in [0.5, 0.6) is 0 Å². The molecule has 0 unspecified atom stereocenters. The van der Waals surface area contributed by atoms with E-state index < -0.39 is 0 Å². The number of ether oxygens (including phenoxy) is 2. The first-order valence-corrected chi connectivity index (χ1v) is 4.21. The highest BCUT2D eigenvalue weighted by Gasteiger charge is 1.87. The van der Waals surface area contributed by atoms with Gasteiger partial charge in [0.05, 0.1) is 6.61 Å². The molecule has 0 fully saturated rings. The molecule has 0 amide bonds. The highest BCUT2D eigenvalue weighted by atomic mass is 16.7. The number of hydrogen-bond acceptors (Lipinski definition) is 4. The average Bonchev–Trinajstić information content (AvgIpc) is 2.18. The van der Waals surface area contributed by atoms with Crippen LogP contribution in [0.2, 0.25) is 0 Å². The summed E-state index contributed by atoms with van der Waals surface area (Å²) in [7, 11) is 1.56. The third-order valence-electron chi connectivity index (χ3n) is 0.891. The first kappa shape index (κ1) is 14.5. The molecule has 0 aliphatic heterocycles. The lowest BCUT2D eigenvalue weighted by Crippen LogP contribution is -2.07. The fourth-order valence-corrected chi connectivity index (χ4v) is 0.470. The average molecular weight is 188 g/mol. The van der Waals surface area contributed by atoms with Gasteiger partial charge in [-0.2, -0.15) is 0 Å². The molecule has 0 atom stereocenters. The lowest BCUT2D eigenvalue weighted by Gasteiger charge is -2.00. The Morgan fingerprint density at radius 3 is 2.46 bits per heavy atom. The predicted octanol–water partition coefficient (Wildman–Crippen LogP) is 0.948. The lowest BCUT2D eigenvalue weighted by molar-refractivity contribution is -0.0213. The van der Waals surface area contributed by atoms with Crippen molar-refractivity contribution in [2.45, 2.75) is 13.8 Å². The van der Waals surface area contributed by atoms with E-state index in [4.69, 9.17) is 16.2 Å². The molecule has 0 aliphatic rings. The summed E-state index contributed by atoms with van der Waals surface area (Å²) in [6.07, 6.45) is 4.73. The van der Waals surface area contributed by atoms with Crippen LogP contribution in [-0.4, -0.2) is 20.5 Å². The summed E-state index contributed by atoms with van der Waals surface area (Å²) in [4.78, 5) is 0. The van der Waals surface area contributed by atoms with E-state index in [1.807, 2.05) is 13.8 Å². The van der Waals surface area contributed by atoms with Crippen molar-refractivity contribution < 1.29 is 9.47 Å². The summed E-state index contributed by atoms with van der Waals surface area (Å²) in [6, 6.07) is 0. The Hall–Kier alpha value is -1.00. The van der Waals surface area contributed by atoms with Gasteiger partial charge in [0.25, 0.3) is 0 Å². The molecule has 4 heteroatoms. The minimum atomic E-state index is 0.251. The second-order valence-corrected chi connectivity index (χ2v) is 1.88. The maximum absolute atomic E-state index is 5.47. The van der Waals surface area contributed by atoms with Crippen molar-refractivity contribution in [3.8, 4) is 0 Å². The maximum atomic E-state index is 5.47. The molecule has 0 aromatic carbocycles. The second-order valence-electron chi connectivity index (χ2n) is 1.88. The third-order valence-corrected chi connectivity index (χ3v) is 0.891. The van der Waals surface area contributed by atoms with Crippen molar-refractivity contribution in [3.63, 3.8) is 0 Å². The van der Waals surface area contributed by atoms with Crippen LogP contribution in [0.15, 0.2) is 24.0 Å². The zero-order chi connectivity index (χ0) is 10.5. The van der Waals surface area contributed by atoms with Crippen LogP contribution < -0.4 is 11.5 Å². The molecular weight excluding hydrogens is 168 g/mol. The van der Waals surface area contributed by atoms with E-state index in [0.29, 0.717) is 12.3 Å². The largest absolute Gasteiger partial charge is 0.405 e. The molecule has 0 aliphatic carbocycles. The highest BCUT2D eigenvalue weighted by Crippen LogP contribution is 1.86. The van der Waals surface area contributed by atoms with Gasteiger partial charge in [-0.3, -0.25) is 0 Å². The van der Waals surface area contributed by atoms with E-state index >= 15 is 0 Å². The molecule has 13 heavy (non-hydrogen) atoms. The van der Waals surface area contributed by atoms with E-state index in [2.05, 4.69) is 4.74 Å². The standard InChI is InChI=1S/C7H14N2O2.C2H6/c1-10-6-11-5-7(9)3-2-4-8;1-2/h2-4H,5-6,8-9H2,1H3;1-2H3/b4-2-,7-3-;. The van der Waals surface area contributed by atoms with Gasteiger partial charge in [-0.15, -0.1) is 0 Å². The minimum absolute atomic E-state index is 0.251. The van der Waals surface area contributed by atoms with Crippen molar-refractivity contribution in [1.82, 2.24) is 0 Å². The van der Waals surface area contributed by atoms with E-state index in [-0.39, 0.29) is 6.79 Å². The molecule has 0 saturated heterocycles. The van der Waals surface area contributed by atoms with Crippen LogP contribution in [-0.2, 0) is 9.47 Å². The Morgan fingerprint density at radius 1 is 1.38 bits per heavy atom. The third kappa shape index (κ3) is 13.9. The van der Waals surface area contributed by atoms with Crippen molar-refractivity contribution in [3.05, 3.63) is 24.0 Å². The second kappa shape index (κ2) is 13.6. The van der Waals surface area contributed by atoms with Crippen LogP contribution >= 0.6 is 0 Å². The maximum Gasteiger partial charge on any atom is 0.146 e. The fraction of sp³-hybridized carbons (Fsp3) is 0.556. The predicted molar refractivity (Wildman–Crippen MR) is 54.8 cm³/mol. The Balaban J connectivity index is 0. The summed E-state index contributed by atoms with van der Waals surface area (Å²) in [5.74, 6) is 0. The van der Waals surface area contributed by atoms with Gasteiger partial charge in [0.2, 0.25) is 0 Å². The fourth-order valence-electron chi connectivity index (χ4n) is 0.470. The van der Waals surface area contributed by atoms with E-state index in [1.54, 1.807) is 19.3 Å². The summed E-state index contributed by atoms with van der Waals surface area (Å²) < 4.78 is 9.60. The lowest BCUT2D eigenvalue weighted by atomic mass is 10.4. The molecule has 0 heterocycles. The van der Waals surface area contributed by atoms with Gasteiger partial charge in [-0.05, 0) is 18.4 Å². The number of hydrogen-bond donors (Lipinski definition) is 2. The molecule has 0 spiro atoms. The van der Waals surface area contributed by atoms with E-state index in [9.17, 15) is 0 Å². The molecule has 0 rings (SSSR count). The van der Waals surface area contributed by atoms with Gasteiger partial charge in [-0.1, -0.05) is 13.8 Å². The van der Waals surface area contributed by atoms with Crippen molar-refractivity contribution in [2.24, 2.45) is 11.5 Å². The number of allylic oxidation sites excluding steroid dienone is 2. The number of nitrogens with two attached hydrogens (primary N) is 2. The number of methoxy groups -OCH3 is 1. The monoisotopic (exact) mass is 188 g/mol. The van der Waals surface area contributed by atoms with Crippen molar-refractivity contribution in [2.75, 3.05) is 20.5 Å². The Bertz CT molecular complexity index is 145. The topological polar surface area (TPSA) is 70.5 Å². The van der Waals surface area contributed by atoms with Gasteiger partial charge in [0.1, 0.15) is 6.79 Å². The van der Waals surface area contributed by atoms with Gasteiger partial charge >= 0.3 is 0 Å². The molecule has 0 aromatic rings.